The number of carbonyl (C=O) groups is 3. The highest BCUT2D eigenvalue weighted by atomic mass is 19.4. The molecule has 0 aliphatic carbocycles. The van der Waals surface area contributed by atoms with Gasteiger partial charge in [0.05, 0.1) is 25.8 Å². The number of halogens is 3. The number of alkyl halides is 3. The number of amides is 1. The lowest BCUT2D eigenvalue weighted by molar-refractivity contribution is -0.147. The second kappa shape index (κ2) is 9.96. The van der Waals surface area contributed by atoms with Crippen molar-refractivity contribution in [3.8, 4) is 0 Å². The molecule has 1 aliphatic heterocycles. The van der Waals surface area contributed by atoms with E-state index in [-0.39, 0.29) is 38.3 Å². The molecule has 12 heteroatoms. The van der Waals surface area contributed by atoms with E-state index in [0.717, 1.165) is 11.8 Å². The minimum Gasteiger partial charge on any atom is -0.467 e. The third-order valence-electron chi connectivity index (χ3n) is 5.30. The van der Waals surface area contributed by atoms with Gasteiger partial charge in [0.2, 0.25) is 0 Å². The number of carbonyl (C=O) groups excluding carboxylic acids is 3. The molecule has 3 rings (SSSR count). The minimum absolute atomic E-state index is 0.0331. The summed E-state index contributed by atoms with van der Waals surface area (Å²) in [7, 11) is 1.15. The maximum absolute atomic E-state index is 13.7. The lowest BCUT2D eigenvalue weighted by atomic mass is 10.1. The number of benzene rings is 1. The summed E-state index contributed by atoms with van der Waals surface area (Å²) in [6.07, 6.45) is -5.51. The number of hydrogen-bond donors (Lipinski definition) is 0. The van der Waals surface area contributed by atoms with Gasteiger partial charge in [-0.3, -0.25) is 9.69 Å². The van der Waals surface area contributed by atoms with Crippen LogP contribution in [0.5, 0.6) is 0 Å². The van der Waals surface area contributed by atoms with E-state index in [1.165, 1.54) is 9.80 Å². The van der Waals surface area contributed by atoms with E-state index in [1.54, 1.807) is 51.1 Å². The van der Waals surface area contributed by atoms with Crippen molar-refractivity contribution < 1.29 is 37.0 Å². The molecule has 2 aromatic rings. The fraction of sp³-hybridized carbons (Fsp3) is 0.478. The Balaban J connectivity index is 2.03. The van der Waals surface area contributed by atoms with Gasteiger partial charge in [-0.1, -0.05) is 30.3 Å². The van der Waals surface area contributed by atoms with Crippen LogP contribution in [0.15, 0.2) is 30.3 Å². The molecule has 1 aliphatic rings. The molecule has 0 saturated carbocycles. The Morgan fingerprint density at radius 3 is 2.34 bits per heavy atom. The molecule has 1 unspecified atom stereocenters. The topological polar surface area (TPSA) is 94.0 Å². The Morgan fingerprint density at radius 2 is 1.80 bits per heavy atom. The van der Waals surface area contributed by atoms with Gasteiger partial charge in [-0.15, -0.1) is 0 Å². The van der Waals surface area contributed by atoms with Crippen LogP contribution >= 0.6 is 0 Å². The molecule has 1 amide bonds. The number of methoxy groups -OCH3 is 1. The fourth-order valence-electron chi connectivity index (χ4n) is 3.84. The second-order valence-corrected chi connectivity index (χ2v) is 9.00. The molecular formula is C23H27F3N4O5. The van der Waals surface area contributed by atoms with Crippen LogP contribution in [-0.4, -0.2) is 71.4 Å². The number of ether oxygens (including phenoxy) is 2. The van der Waals surface area contributed by atoms with E-state index in [2.05, 4.69) is 5.10 Å². The van der Waals surface area contributed by atoms with Gasteiger partial charge in [-0.05, 0) is 26.3 Å². The van der Waals surface area contributed by atoms with Crippen LogP contribution in [0.1, 0.15) is 42.4 Å². The minimum atomic E-state index is -4.87. The smallest absolute Gasteiger partial charge is 0.435 e. The van der Waals surface area contributed by atoms with Crippen molar-refractivity contribution in [3.63, 3.8) is 0 Å². The monoisotopic (exact) mass is 496 g/mol. The molecule has 1 fully saturated rings. The Hall–Kier alpha value is -3.57. The fourth-order valence-corrected chi connectivity index (χ4v) is 3.84. The molecule has 0 spiro atoms. The average Bonchev–Trinajstić information content (AvgIpc) is 3.16. The summed E-state index contributed by atoms with van der Waals surface area (Å²) in [6.45, 7) is 4.74. The number of nitrogens with zero attached hydrogens (tertiary/aromatic N) is 4. The quantitative estimate of drug-likeness (QED) is 0.463. The van der Waals surface area contributed by atoms with Gasteiger partial charge in [0.1, 0.15) is 11.4 Å². The van der Waals surface area contributed by atoms with Crippen LogP contribution in [0, 0.1) is 0 Å². The van der Waals surface area contributed by atoms with Crippen LogP contribution < -0.4 is 4.90 Å². The zero-order valence-corrected chi connectivity index (χ0v) is 19.8. The highest BCUT2D eigenvalue weighted by molar-refractivity contribution is 5.87. The molecule has 1 saturated heterocycles. The molecule has 1 aromatic heterocycles. The summed E-state index contributed by atoms with van der Waals surface area (Å²) in [5.74, 6) is -0.854. The molecule has 9 nitrogen and oxygen atoms in total. The van der Waals surface area contributed by atoms with Crippen LogP contribution in [0.4, 0.5) is 23.8 Å². The summed E-state index contributed by atoms with van der Waals surface area (Å²) in [6, 6.07) is 7.50. The molecule has 35 heavy (non-hydrogen) atoms. The van der Waals surface area contributed by atoms with Crippen molar-refractivity contribution in [2.24, 2.45) is 0 Å². The highest BCUT2D eigenvalue weighted by Crippen LogP contribution is 2.36. The lowest BCUT2D eigenvalue weighted by Gasteiger charge is -2.41. The van der Waals surface area contributed by atoms with Crippen LogP contribution in [0.25, 0.3) is 0 Å². The SMILES string of the molecule is COC(=O)C1CN(c2c(C=O)c(C(F)(F)F)nn2Cc2ccccc2)CCN1C(=O)OC(C)(C)C. The second-order valence-electron chi connectivity index (χ2n) is 9.00. The maximum atomic E-state index is 13.7. The Labute approximate surface area is 200 Å². The van der Waals surface area contributed by atoms with Crippen LogP contribution in [-0.2, 0) is 27.0 Å². The number of aromatic nitrogens is 2. The number of hydrogen-bond acceptors (Lipinski definition) is 7. The number of esters is 1. The van der Waals surface area contributed by atoms with Gasteiger partial charge in [0.15, 0.2) is 18.0 Å². The first-order valence-electron chi connectivity index (χ1n) is 10.8. The number of anilines is 1. The summed E-state index contributed by atoms with van der Waals surface area (Å²) < 4.78 is 52.5. The number of rotatable bonds is 5. The predicted octanol–water partition coefficient (Wildman–Crippen LogP) is 3.36. The van der Waals surface area contributed by atoms with Gasteiger partial charge in [0, 0.05) is 13.1 Å². The standard InChI is InChI=1S/C23H27F3N4O5/c1-22(2,3)35-21(33)29-11-10-28(13-17(29)20(32)34-4)19-16(14-31)18(23(24,25)26)27-30(19)12-15-8-6-5-7-9-15/h5-9,14,17H,10-13H2,1-4H3. The van der Waals surface area contributed by atoms with Crippen molar-refractivity contribution in [2.75, 3.05) is 31.6 Å². The van der Waals surface area contributed by atoms with E-state index in [1.807, 2.05) is 0 Å². The van der Waals surface area contributed by atoms with Crippen molar-refractivity contribution in [3.05, 3.63) is 47.2 Å². The van der Waals surface area contributed by atoms with Crippen LogP contribution in [0.2, 0.25) is 0 Å². The van der Waals surface area contributed by atoms with Gasteiger partial charge in [0.25, 0.3) is 0 Å². The zero-order valence-electron chi connectivity index (χ0n) is 19.8. The molecule has 1 atom stereocenters. The molecule has 0 bridgehead atoms. The summed E-state index contributed by atoms with van der Waals surface area (Å²) in [5, 5.41) is 3.71. The first-order chi connectivity index (χ1) is 16.4. The van der Waals surface area contributed by atoms with Crippen molar-refractivity contribution in [1.29, 1.82) is 0 Å². The van der Waals surface area contributed by atoms with E-state index >= 15 is 0 Å². The van der Waals surface area contributed by atoms with Gasteiger partial charge >= 0.3 is 18.2 Å². The van der Waals surface area contributed by atoms with Crippen molar-refractivity contribution in [2.45, 2.75) is 45.1 Å². The van der Waals surface area contributed by atoms with Crippen molar-refractivity contribution in [1.82, 2.24) is 14.7 Å². The zero-order chi connectivity index (χ0) is 26.0. The molecule has 190 valence electrons. The third kappa shape index (κ3) is 5.92. The number of aldehydes is 1. The largest absolute Gasteiger partial charge is 0.467 e. The summed E-state index contributed by atoms with van der Waals surface area (Å²) in [4.78, 5) is 39.7. The molecule has 1 aromatic carbocycles. The van der Waals surface area contributed by atoms with E-state index in [4.69, 9.17) is 9.47 Å². The van der Waals surface area contributed by atoms with E-state index in [0.29, 0.717) is 5.56 Å². The van der Waals surface area contributed by atoms with E-state index in [9.17, 15) is 27.6 Å². The lowest BCUT2D eigenvalue weighted by Crippen LogP contribution is -2.59. The van der Waals surface area contributed by atoms with Gasteiger partial charge in [-0.2, -0.15) is 18.3 Å². The summed E-state index contributed by atoms with van der Waals surface area (Å²) in [5.41, 5.74) is -2.11. The first kappa shape index (κ1) is 26.0. The average molecular weight is 496 g/mol. The van der Waals surface area contributed by atoms with Gasteiger partial charge in [-0.25, -0.2) is 14.3 Å². The Bertz CT molecular complexity index is 1080. The molecule has 0 radical (unpaired) electrons. The molecular weight excluding hydrogens is 469 g/mol. The van der Waals surface area contributed by atoms with E-state index < -0.39 is 41.1 Å². The number of piperazine rings is 1. The maximum Gasteiger partial charge on any atom is 0.435 e. The predicted molar refractivity (Wildman–Crippen MR) is 119 cm³/mol. The molecule has 2 heterocycles. The van der Waals surface area contributed by atoms with Crippen LogP contribution in [0.3, 0.4) is 0 Å². The van der Waals surface area contributed by atoms with Gasteiger partial charge < -0.3 is 14.4 Å². The first-order valence-corrected chi connectivity index (χ1v) is 10.8. The normalized spacial score (nSPS) is 16.7. The molecule has 0 N–H and O–H groups in total. The summed E-state index contributed by atoms with van der Waals surface area (Å²) >= 11 is 0. The Kier molecular flexibility index (Phi) is 7.41. The third-order valence-corrected chi connectivity index (χ3v) is 5.30. The van der Waals surface area contributed by atoms with Crippen molar-refractivity contribution >= 4 is 24.2 Å². The highest BCUT2D eigenvalue weighted by Gasteiger charge is 2.43. The Morgan fingerprint density at radius 1 is 1.14 bits per heavy atom.